The predicted octanol–water partition coefficient (Wildman–Crippen LogP) is 4.40. The van der Waals surface area contributed by atoms with Crippen LogP contribution in [0.3, 0.4) is 0 Å². The normalized spacial score (nSPS) is 10.2. The SMILES string of the molecule is COc1ccc(NC(=O)c2ccc(Nc3cccc(C)c3)cn2)cc1OC. The first-order valence-corrected chi connectivity index (χ1v) is 8.42. The molecule has 2 N–H and O–H groups in total. The van der Waals surface area contributed by atoms with Gasteiger partial charge in [-0.2, -0.15) is 0 Å². The summed E-state index contributed by atoms with van der Waals surface area (Å²) in [4.78, 5) is 16.7. The first-order chi connectivity index (χ1) is 13.1. The van der Waals surface area contributed by atoms with E-state index in [-0.39, 0.29) is 5.91 Å². The zero-order valence-corrected chi connectivity index (χ0v) is 15.4. The topological polar surface area (TPSA) is 72.5 Å². The zero-order valence-electron chi connectivity index (χ0n) is 15.4. The van der Waals surface area contributed by atoms with Crippen LogP contribution in [-0.4, -0.2) is 25.1 Å². The summed E-state index contributed by atoms with van der Waals surface area (Å²) in [5.41, 5.74) is 3.86. The zero-order chi connectivity index (χ0) is 19.2. The molecule has 3 rings (SSSR count). The number of amides is 1. The minimum absolute atomic E-state index is 0.302. The molecule has 0 radical (unpaired) electrons. The molecule has 6 nitrogen and oxygen atoms in total. The van der Waals surface area contributed by atoms with Gasteiger partial charge in [0.2, 0.25) is 0 Å². The summed E-state index contributed by atoms with van der Waals surface area (Å²) < 4.78 is 10.4. The third kappa shape index (κ3) is 4.55. The fourth-order valence-corrected chi connectivity index (χ4v) is 2.60. The standard InChI is InChI=1S/C21H21N3O3/c1-14-5-4-6-15(11-14)23-17-7-9-18(22-13-17)21(25)24-16-8-10-19(26-2)20(12-16)27-3/h4-13,23H,1-3H3,(H,24,25). The van der Waals surface area contributed by atoms with Gasteiger partial charge in [0.25, 0.3) is 5.91 Å². The maximum absolute atomic E-state index is 12.4. The van der Waals surface area contributed by atoms with Crippen LogP contribution in [0.15, 0.2) is 60.8 Å². The van der Waals surface area contributed by atoms with Crippen molar-refractivity contribution in [2.24, 2.45) is 0 Å². The Morgan fingerprint density at radius 3 is 2.33 bits per heavy atom. The van der Waals surface area contributed by atoms with Crippen LogP contribution in [0.2, 0.25) is 0 Å². The second-order valence-electron chi connectivity index (χ2n) is 5.95. The van der Waals surface area contributed by atoms with Crippen molar-refractivity contribution in [1.82, 2.24) is 4.98 Å². The lowest BCUT2D eigenvalue weighted by Gasteiger charge is -2.11. The minimum atomic E-state index is -0.302. The first kappa shape index (κ1) is 18.3. The van der Waals surface area contributed by atoms with Crippen molar-refractivity contribution < 1.29 is 14.3 Å². The average molecular weight is 363 g/mol. The van der Waals surface area contributed by atoms with E-state index in [1.54, 1.807) is 44.7 Å². The Morgan fingerprint density at radius 2 is 1.67 bits per heavy atom. The fraction of sp³-hybridized carbons (Fsp3) is 0.143. The molecule has 0 atom stereocenters. The van der Waals surface area contributed by atoms with Crippen molar-refractivity contribution in [3.63, 3.8) is 0 Å². The molecular weight excluding hydrogens is 342 g/mol. The van der Waals surface area contributed by atoms with E-state index in [0.29, 0.717) is 22.9 Å². The fourth-order valence-electron chi connectivity index (χ4n) is 2.60. The van der Waals surface area contributed by atoms with Crippen LogP contribution in [-0.2, 0) is 0 Å². The van der Waals surface area contributed by atoms with Gasteiger partial charge in [0.05, 0.1) is 26.1 Å². The van der Waals surface area contributed by atoms with E-state index < -0.39 is 0 Å². The summed E-state index contributed by atoms with van der Waals surface area (Å²) in [6.07, 6.45) is 1.63. The van der Waals surface area contributed by atoms with E-state index in [0.717, 1.165) is 11.4 Å². The molecule has 0 aliphatic carbocycles. The molecule has 0 saturated carbocycles. The van der Waals surface area contributed by atoms with Crippen LogP contribution < -0.4 is 20.1 Å². The van der Waals surface area contributed by atoms with Crippen molar-refractivity contribution in [3.8, 4) is 11.5 Å². The summed E-state index contributed by atoms with van der Waals surface area (Å²) >= 11 is 0. The lowest BCUT2D eigenvalue weighted by molar-refractivity contribution is 0.102. The molecule has 27 heavy (non-hydrogen) atoms. The first-order valence-electron chi connectivity index (χ1n) is 8.42. The molecule has 138 valence electrons. The molecule has 1 aromatic heterocycles. The summed E-state index contributed by atoms with van der Waals surface area (Å²) in [6.45, 7) is 2.03. The largest absolute Gasteiger partial charge is 0.493 e. The number of carbonyl (C=O) groups is 1. The van der Waals surface area contributed by atoms with Crippen LogP contribution in [0.4, 0.5) is 17.1 Å². The number of carbonyl (C=O) groups excluding carboxylic acids is 1. The molecule has 1 amide bonds. The number of ether oxygens (including phenoxy) is 2. The third-order valence-corrected chi connectivity index (χ3v) is 3.94. The number of aryl methyl sites for hydroxylation is 1. The van der Waals surface area contributed by atoms with Crippen LogP contribution in [0.25, 0.3) is 0 Å². The van der Waals surface area contributed by atoms with E-state index in [1.807, 2.05) is 37.3 Å². The highest BCUT2D eigenvalue weighted by Gasteiger charge is 2.10. The Morgan fingerprint density at radius 1 is 0.889 bits per heavy atom. The molecular formula is C21H21N3O3. The molecule has 2 aromatic carbocycles. The number of rotatable bonds is 6. The Kier molecular flexibility index (Phi) is 5.56. The monoisotopic (exact) mass is 363 g/mol. The van der Waals surface area contributed by atoms with E-state index in [4.69, 9.17) is 9.47 Å². The predicted molar refractivity (Wildman–Crippen MR) is 106 cm³/mol. The molecule has 0 aliphatic rings. The van der Waals surface area contributed by atoms with Gasteiger partial charge >= 0.3 is 0 Å². The Balaban J connectivity index is 1.68. The van der Waals surface area contributed by atoms with E-state index >= 15 is 0 Å². The Bertz CT molecular complexity index is 940. The van der Waals surface area contributed by atoms with Gasteiger partial charge in [-0.25, -0.2) is 4.98 Å². The Labute approximate surface area is 158 Å². The number of nitrogens with one attached hydrogen (secondary N) is 2. The molecule has 0 bridgehead atoms. The second-order valence-corrected chi connectivity index (χ2v) is 5.95. The van der Waals surface area contributed by atoms with Crippen molar-refractivity contribution in [1.29, 1.82) is 0 Å². The van der Waals surface area contributed by atoms with Gasteiger partial charge in [-0.3, -0.25) is 4.79 Å². The van der Waals surface area contributed by atoms with Gasteiger partial charge in [0.1, 0.15) is 5.69 Å². The van der Waals surface area contributed by atoms with Crippen molar-refractivity contribution in [3.05, 3.63) is 72.1 Å². The number of benzene rings is 2. The maximum atomic E-state index is 12.4. The van der Waals surface area contributed by atoms with Crippen LogP contribution in [0.5, 0.6) is 11.5 Å². The van der Waals surface area contributed by atoms with Gasteiger partial charge in [0, 0.05) is 17.4 Å². The summed E-state index contributed by atoms with van der Waals surface area (Å²) in [6, 6.07) is 16.7. The lowest BCUT2D eigenvalue weighted by Crippen LogP contribution is -2.13. The Hall–Kier alpha value is -3.54. The van der Waals surface area contributed by atoms with E-state index in [2.05, 4.69) is 15.6 Å². The number of hydrogen-bond acceptors (Lipinski definition) is 5. The lowest BCUT2D eigenvalue weighted by atomic mass is 10.2. The van der Waals surface area contributed by atoms with Crippen molar-refractivity contribution in [2.75, 3.05) is 24.9 Å². The maximum Gasteiger partial charge on any atom is 0.274 e. The number of pyridine rings is 1. The smallest absolute Gasteiger partial charge is 0.274 e. The van der Waals surface area contributed by atoms with E-state index in [9.17, 15) is 4.79 Å². The number of hydrogen-bond donors (Lipinski definition) is 2. The summed E-state index contributed by atoms with van der Waals surface area (Å²) in [5, 5.41) is 6.07. The quantitative estimate of drug-likeness (QED) is 0.679. The van der Waals surface area contributed by atoms with Gasteiger partial charge in [0.15, 0.2) is 11.5 Å². The van der Waals surface area contributed by atoms with Crippen LogP contribution in [0, 0.1) is 6.92 Å². The minimum Gasteiger partial charge on any atom is -0.493 e. The number of anilines is 3. The van der Waals surface area contributed by atoms with Crippen molar-refractivity contribution in [2.45, 2.75) is 6.92 Å². The number of methoxy groups -OCH3 is 2. The highest BCUT2D eigenvalue weighted by atomic mass is 16.5. The second kappa shape index (κ2) is 8.23. The molecule has 3 aromatic rings. The number of aromatic nitrogens is 1. The van der Waals surface area contributed by atoms with Gasteiger partial charge in [-0.15, -0.1) is 0 Å². The highest BCUT2D eigenvalue weighted by molar-refractivity contribution is 6.03. The molecule has 0 fully saturated rings. The molecule has 0 aliphatic heterocycles. The molecule has 0 spiro atoms. The van der Waals surface area contributed by atoms with Crippen LogP contribution >= 0.6 is 0 Å². The van der Waals surface area contributed by atoms with Gasteiger partial charge in [-0.1, -0.05) is 12.1 Å². The van der Waals surface area contributed by atoms with Crippen LogP contribution in [0.1, 0.15) is 16.1 Å². The van der Waals surface area contributed by atoms with Gasteiger partial charge in [-0.05, 0) is 48.9 Å². The molecule has 0 saturated heterocycles. The average Bonchev–Trinajstić information content (AvgIpc) is 2.68. The van der Waals surface area contributed by atoms with E-state index in [1.165, 1.54) is 5.56 Å². The van der Waals surface area contributed by atoms with Crippen molar-refractivity contribution >= 4 is 23.0 Å². The number of nitrogens with zero attached hydrogens (tertiary/aromatic N) is 1. The summed E-state index contributed by atoms with van der Waals surface area (Å²) in [5.74, 6) is 0.838. The highest BCUT2D eigenvalue weighted by Crippen LogP contribution is 2.29. The summed E-state index contributed by atoms with van der Waals surface area (Å²) in [7, 11) is 3.11. The van der Waals surface area contributed by atoms with Gasteiger partial charge < -0.3 is 20.1 Å². The third-order valence-electron chi connectivity index (χ3n) is 3.94. The molecule has 6 heteroatoms. The molecule has 0 unspecified atom stereocenters. The molecule has 1 heterocycles.